The first-order valence-corrected chi connectivity index (χ1v) is 10.6. The van der Waals surface area contributed by atoms with Crippen molar-refractivity contribution >= 4 is 46.3 Å². The van der Waals surface area contributed by atoms with Crippen LogP contribution in [0, 0.1) is 6.92 Å². The molecule has 1 N–H and O–H groups in total. The molecule has 2 aromatic carbocycles. The molecule has 1 unspecified atom stereocenters. The fraction of sp³-hybridized carbons (Fsp3) is 0.167. The monoisotopic (exact) mass is 471 g/mol. The number of benzene rings is 2. The van der Waals surface area contributed by atoms with Crippen molar-refractivity contribution in [1.82, 2.24) is 0 Å². The van der Waals surface area contributed by atoms with Crippen LogP contribution in [-0.2, 0) is 9.59 Å². The lowest BCUT2D eigenvalue weighted by atomic mass is 9.99. The molecule has 0 spiro atoms. The SMILES string of the molecule is CCOc1ccc(Cl)c(/C(O)=C2/C(=O)C(=O)N(c3ccc(C)c(Cl)c3)C2c2ccco2)c1. The van der Waals surface area contributed by atoms with Gasteiger partial charge in [0.05, 0.1) is 23.5 Å². The average Bonchev–Trinajstić information content (AvgIpc) is 3.38. The van der Waals surface area contributed by atoms with E-state index in [0.717, 1.165) is 5.56 Å². The number of aliphatic hydroxyl groups excluding tert-OH is 1. The zero-order valence-corrected chi connectivity index (χ0v) is 18.8. The molecule has 1 amide bonds. The van der Waals surface area contributed by atoms with E-state index in [2.05, 4.69) is 0 Å². The molecule has 3 aromatic rings. The summed E-state index contributed by atoms with van der Waals surface area (Å²) in [6, 6.07) is 12.0. The molecule has 0 aliphatic carbocycles. The molecule has 1 fully saturated rings. The van der Waals surface area contributed by atoms with Crippen LogP contribution in [0.25, 0.3) is 5.76 Å². The van der Waals surface area contributed by atoms with Gasteiger partial charge in [0.25, 0.3) is 11.7 Å². The normalized spacial score (nSPS) is 17.8. The molecule has 0 bridgehead atoms. The number of hydrogen-bond acceptors (Lipinski definition) is 5. The number of Topliss-reactive ketones (excluding diaryl/α,β-unsaturated/α-hetero) is 1. The van der Waals surface area contributed by atoms with Gasteiger partial charge in [-0.25, -0.2) is 0 Å². The number of furan rings is 1. The van der Waals surface area contributed by atoms with Crippen molar-refractivity contribution < 1.29 is 23.8 Å². The third-order valence-electron chi connectivity index (χ3n) is 5.19. The van der Waals surface area contributed by atoms with E-state index in [1.807, 2.05) is 13.8 Å². The molecule has 0 radical (unpaired) electrons. The Kier molecular flexibility index (Phi) is 6.00. The fourth-order valence-corrected chi connectivity index (χ4v) is 4.02. The van der Waals surface area contributed by atoms with Gasteiger partial charge in [-0.1, -0.05) is 29.3 Å². The number of anilines is 1. The molecule has 1 saturated heterocycles. The number of rotatable bonds is 5. The van der Waals surface area contributed by atoms with Gasteiger partial charge < -0.3 is 14.3 Å². The molecule has 4 rings (SSSR count). The van der Waals surface area contributed by atoms with E-state index in [9.17, 15) is 14.7 Å². The van der Waals surface area contributed by atoms with E-state index in [1.54, 1.807) is 42.5 Å². The Morgan fingerprint density at radius 2 is 1.91 bits per heavy atom. The second-order valence-corrected chi connectivity index (χ2v) is 8.01. The van der Waals surface area contributed by atoms with E-state index in [4.69, 9.17) is 32.4 Å². The Hall–Kier alpha value is -3.22. The third kappa shape index (κ3) is 3.76. The topological polar surface area (TPSA) is 80.0 Å². The Morgan fingerprint density at radius 3 is 2.56 bits per heavy atom. The lowest BCUT2D eigenvalue weighted by Crippen LogP contribution is -2.29. The quantitative estimate of drug-likeness (QED) is 0.283. The van der Waals surface area contributed by atoms with Gasteiger partial charge >= 0.3 is 0 Å². The van der Waals surface area contributed by atoms with Crippen molar-refractivity contribution in [3.63, 3.8) is 0 Å². The van der Waals surface area contributed by atoms with Crippen LogP contribution in [0.4, 0.5) is 5.69 Å². The highest BCUT2D eigenvalue weighted by Crippen LogP contribution is 2.44. The molecule has 1 atom stereocenters. The summed E-state index contributed by atoms with van der Waals surface area (Å²) < 4.78 is 11.0. The average molecular weight is 472 g/mol. The standard InChI is InChI=1S/C24H19Cl2NO5/c1-3-31-15-8-9-17(25)16(12-15)22(28)20-21(19-5-4-10-32-19)27(24(30)23(20)29)14-7-6-13(2)18(26)11-14/h4-12,21,28H,3H2,1-2H3/b22-20-. The van der Waals surface area contributed by atoms with Crippen molar-refractivity contribution in [3.05, 3.63) is 87.3 Å². The summed E-state index contributed by atoms with van der Waals surface area (Å²) in [4.78, 5) is 27.5. The molecule has 1 aromatic heterocycles. The fourth-order valence-electron chi connectivity index (χ4n) is 3.63. The molecular formula is C24H19Cl2NO5. The summed E-state index contributed by atoms with van der Waals surface area (Å²) in [5.41, 5.74) is 1.25. The number of carbonyl (C=O) groups excluding carboxylic acids is 2. The predicted molar refractivity (Wildman–Crippen MR) is 122 cm³/mol. The summed E-state index contributed by atoms with van der Waals surface area (Å²) in [6.45, 7) is 4.06. The van der Waals surface area contributed by atoms with Gasteiger partial charge in [-0.05, 0) is 61.9 Å². The maximum absolute atomic E-state index is 13.1. The largest absolute Gasteiger partial charge is 0.507 e. The number of aliphatic hydroxyl groups is 1. The van der Waals surface area contributed by atoms with Crippen LogP contribution in [0.2, 0.25) is 10.0 Å². The minimum atomic E-state index is -1.00. The van der Waals surface area contributed by atoms with Crippen molar-refractivity contribution in [2.24, 2.45) is 0 Å². The second-order valence-electron chi connectivity index (χ2n) is 7.19. The highest BCUT2D eigenvalue weighted by Gasteiger charge is 2.48. The summed E-state index contributed by atoms with van der Waals surface area (Å²) in [5, 5.41) is 11.8. The molecule has 2 heterocycles. The predicted octanol–water partition coefficient (Wildman–Crippen LogP) is 5.92. The number of ether oxygens (including phenoxy) is 1. The van der Waals surface area contributed by atoms with Crippen LogP contribution in [0.5, 0.6) is 5.75 Å². The van der Waals surface area contributed by atoms with Crippen LogP contribution >= 0.6 is 23.2 Å². The van der Waals surface area contributed by atoms with Gasteiger partial charge in [0.2, 0.25) is 0 Å². The first-order chi connectivity index (χ1) is 15.3. The number of nitrogens with zero attached hydrogens (tertiary/aromatic N) is 1. The minimum absolute atomic E-state index is 0.141. The van der Waals surface area contributed by atoms with Crippen LogP contribution in [0.15, 0.2) is 64.8 Å². The molecule has 164 valence electrons. The zero-order chi connectivity index (χ0) is 23.0. The first-order valence-electron chi connectivity index (χ1n) is 9.86. The van der Waals surface area contributed by atoms with Crippen LogP contribution in [0.3, 0.4) is 0 Å². The molecule has 0 saturated carbocycles. The Morgan fingerprint density at radius 1 is 1.12 bits per heavy atom. The maximum Gasteiger partial charge on any atom is 0.300 e. The smallest absolute Gasteiger partial charge is 0.300 e. The molecule has 6 nitrogen and oxygen atoms in total. The summed E-state index contributed by atoms with van der Waals surface area (Å²) >= 11 is 12.6. The molecular weight excluding hydrogens is 453 g/mol. The van der Waals surface area contributed by atoms with E-state index in [0.29, 0.717) is 28.8 Å². The number of hydrogen-bond donors (Lipinski definition) is 1. The second kappa shape index (κ2) is 8.73. The molecule has 8 heteroatoms. The Bertz CT molecular complexity index is 1230. The summed E-state index contributed by atoms with van der Waals surface area (Å²) in [5.74, 6) is -1.33. The van der Waals surface area contributed by atoms with E-state index >= 15 is 0 Å². The van der Waals surface area contributed by atoms with E-state index in [-0.39, 0.29) is 16.2 Å². The zero-order valence-electron chi connectivity index (χ0n) is 17.3. The third-order valence-corrected chi connectivity index (χ3v) is 5.93. The highest BCUT2D eigenvalue weighted by atomic mass is 35.5. The number of ketones is 1. The van der Waals surface area contributed by atoms with Gasteiger partial charge in [-0.2, -0.15) is 0 Å². The first kappa shape index (κ1) is 22.0. The summed E-state index contributed by atoms with van der Waals surface area (Å²) in [6.07, 6.45) is 1.43. The van der Waals surface area contributed by atoms with Crippen LogP contribution in [-0.4, -0.2) is 23.4 Å². The maximum atomic E-state index is 13.1. The highest BCUT2D eigenvalue weighted by molar-refractivity contribution is 6.52. The van der Waals surface area contributed by atoms with E-state index < -0.39 is 23.5 Å². The molecule has 1 aliphatic rings. The number of carbonyl (C=O) groups is 2. The Balaban J connectivity index is 1.93. The molecule has 1 aliphatic heterocycles. The number of halogens is 2. The van der Waals surface area contributed by atoms with Gasteiger partial charge in [-0.15, -0.1) is 0 Å². The van der Waals surface area contributed by atoms with Crippen LogP contribution < -0.4 is 9.64 Å². The number of aryl methyl sites for hydroxylation is 1. The van der Waals surface area contributed by atoms with Crippen molar-refractivity contribution in [2.45, 2.75) is 19.9 Å². The van der Waals surface area contributed by atoms with Crippen LogP contribution in [0.1, 0.15) is 29.9 Å². The summed E-state index contributed by atoms with van der Waals surface area (Å²) in [7, 11) is 0. The van der Waals surface area contributed by atoms with Crippen molar-refractivity contribution in [3.8, 4) is 5.75 Å². The van der Waals surface area contributed by atoms with Gasteiger partial charge in [-0.3, -0.25) is 14.5 Å². The van der Waals surface area contributed by atoms with E-state index in [1.165, 1.54) is 17.2 Å². The lowest BCUT2D eigenvalue weighted by Gasteiger charge is -2.24. The Labute approximate surface area is 194 Å². The van der Waals surface area contributed by atoms with Gasteiger partial charge in [0.15, 0.2) is 0 Å². The van der Waals surface area contributed by atoms with Crippen molar-refractivity contribution in [1.29, 1.82) is 0 Å². The number of amides is 1. The minimum Gasteiger partial charge on any atom is -0.507 e. The van der Waals surface area contributed by atoms with Gasteiger partial charge in [0, 0.05) is 16.3 Å². The molecule has 32 heavy (non-hydrogen) atoms. The lowest BCUT2D eigenvalue weighted by molar-refractivity contribution is -0.132. The van der Waals surface area contributed by atoms with Gasteiger partial charge in [0.1, 0.15) is 23.3 Å². The van der Waals surface area contributed by atoms with Crippen molar-refractivity contribution in [2.75, 3.05) is 11.5 Å².